The average Bonchev–Trinajstić information content (AvgIpc) is 3.22. The average molecular weight is 517 g/mol. The summed E-state index contributed by atoms with van der Waals surface area (Å²) in [6.45, 7) is 3.95. The van der Waals surface area contributed by atoms with E-state index in [0.717, 1.165) is 17.7 Å². The van der Waals surface area contributed by atoms with Crippen LogP contribution in [0.1, 0.15) is 48.1 Å². The standard InChI is InChI=1S/C28H28F4N2O3/c1-16(2)21-12-23(26(37-4)13-24(21)29)20-10-7-18(28(30,31)32)11-22(20)25-14-33-27(35)34(25)15-17-5-8-19(36-3)9-6-17/h5-13,16,25H,14-15H2,1-4H3,(H,33,35). The molecule has 3 aromatic carbocycles. The minimum atomic E-state index is -4.58. The third-order valence-electron chi connectivity index (χ3n) is 6.56. The van der Waals surface area contributed by atoms with Crippen molar-refractivity contribution in [1.29, 1.82) is 0 Å². The molecule has 0 bridgehead atoms. The van der Waals surface area contributed by atoms with Crippen LogP contribution in [0.4, 0.5) is 22.4 Å². The molecular weight excluding hydrogens is 488 g/mol. The molecule has 3 aromatic rings. The number of nitrogens with one attached hydrogen (secondary N) is 1. The first-order valence-electron chi connectivity index (χ1n) is 11.8. The van der Waals surface area contributed by atoms with E-state index < -0.39 is 29.6 Å². The number of hydrogen-bond donors (Lipinski definition) is 1. The highest BCUT2D eigenvalue weighted by molar-refractivity contribution is 5.80. The van der Waals surface area contributed by atoms with Crippen LogP contribution in [0, 0.1) is 5.82 Å². The molecule has 1 aliphatic heterocycles. The van der Waals surface area contributed by atoms with E-state index in [1.165, 1.54) is 24.1 Å². The van der Waals surface area contributed by atoms with Crippen molar-refractivity contribution in [3.05, 3.63) is 82.7 Å². The highest BCUT2D eigenvalue weighted by Crippen LogP contribution is 2.43. The number of benzene rings is 3. The zero-order valence-electron chi connectivity index (χ0n) is 20.9. The molecule has 1 heterocycles. The Balaban J connectivity index is 1.86. The summed E-state index contributed by atoms with van der Waals surface area (Å²) in [6, 6.07) is 12.3. The summed E-state index contributed by atoms with van der Waals surface area (Å²) in [5, 5.41) is 2.76. The highest BCUT2D eigenvalue weighted by Gasteiger charge is 2.37. The van der Waals surface area contributed by atoms with E-state index in [2.05, 4.69) is 5.32 Å². The zero-order valence-corrected chi connectivity index (χ0v) is 20.9. The number of carbonyl (C=O) groups excluding carboxylic acids is 1. The second-order valence-electron chi connectivity index (χ2n) is 9.21. The monoisotopic (exact) mass is 516 g/mol. The predicted molar refractivity (Wildman–Crippen MR) is 132 cm³/mol. The topological polar surface area (TPSA) is 50.8 Å². The van der Waals surface area contributed by atoms with E-state index in [1.807, 2.05) is 13.8 Å². The van der Waals surface area contributed by atoms with E-state index in [1.54, 1.807) is 37.4 Å². The van der Waals surface area contributed by atoms with Crippen molar-refractivity contribution in [3.8, 4) is 22.6 Å². The van der Waals surface area contributed by atoms with Gasteiger partial charge in [0.2, 0.25) is 0 Å². The van der Waals surface area contributed by atoms with Crippen LogP contribution in [0.5, 0.6) is 11.5 Å². The molecule has 1 atom stereocenters. The first-order chi connectivity index (χ1) is 17.5. The summed E-state index contributed by atoms with van der Waals surface area (Å²) in [4.78, 5) is 14.3. The molecule has 1 aliphatic rings. The molecule has 2 amide bonds. The summed E-state index contributed by atoms with van der Waals surface area (Å²) < 4.78 is 66.6. The van der Waals surface area contributed by atoms with Gasteiger partial charge in [0.25, 0.3) is 0 Å². The van der Waals surface area contributed by atoms with Crippen LogP contribution in [0.15, 0.2) is 54.6 Å². The van der Waals surface area contributed by atoms with Crippen LogP contribution in [0.2, 0.25) is 0 Å². The minimum Gasteiger partial charge on any atom is -0.497 e. The molecule has 0 saturated carbocycles. The Morgan fingerprint density at radius 3 is 2.30 bits per heavy atom. The lowest BCUT2D eigenvalue weighted by molar-refractivity contribution is -0.137. The van der Waals surface area contributed by atoms with Crippen molar-refractivity contribution in [2.75, 3.05) is 20.8 Å². The van der Waals surface area contributed by atoms with Crippen LogP contribution < -0.4 is 14.8 Å². The quantitative estimate of drug-likeness (QED) is 0.347. The Labute approximate surface area is 213 Å². The number of halogens is 4. The second-order valence-corrected chi connectivity index (χ2v) is 9.21. The molecule has 0 aliphatic carbocycles. The first kappa shape index (κ1) is 26.3. The lowest BCUT2D eigenvalue weighted by atomic mass is 9.89. The summed E-state index contributed by atoms with van der Waals surface area (Å²) in [5.41, 5.74) is 1.56. The molecule has 196 valence electrons. The largest absolute Gasteiger partial charge is 0.497 e. The molecule has 0 radical (unpaired) electrons. The molecule has 5 nitrogen and oxygen atoms in total. The third kappa shape index (κ3) is 5.35. The van der Waals surface area contributed by atoms with Crippen LogP contribution in [-0.2, 0) is 12.7 Å². The molecule has 4 rings (SSSR count). The van der Waals surface area contributed by atoms with Gasteiger partial charge in [-0.05, 0) is 58.5 Å². The first-order valence-corrected chi connectivity index (χ1v) is 11.8. The van der Waals surface area contributed by atoms with E-state index in [9.17, 15) is 22.4 Å². The van der Waals surface area contributed by atoms with Gasteiger partial charge in [0.1, 0.15) is 17.3 Å². The number of nitrogens with zero attached hydrogens (tertiary/aromatic N) is 1. The van der Waals surface area contributed by atoms with Gasteiger partial charge in [-0.1, -0.05) is 32.0 Å². The molecule has 0 aromatic heterocycles. The molecule has 37 heavy (non-hydrogen) atoms. The molecular formula is C28H28F4N2O3. The maximum atomic E-state index is 14.7. The second kappa shape index (κ2) is 10.3. The number of methoxy groups -OCH3 is 2. The van der Waals surface area contributed by atoms with Crippen molar-refractivity contribution < 1.29 is 31.8 Å². The van der Waals surface area contributed by atoms with Crippen molar-refractivity contribution in [2.45, 2.75) is 38.5 Å². The normalized spacial score (nSPS) is 15.8. The van der Waals surface area contributed by atoms with Gasteiger partial charge in [0, 0.05) is 24.7 Å². The van der Waals surface area contributed by atoms with Gasteiger partial charge in [-0.3, -0.25) is 0 Å². The molecule has 1 unspecified atom stereocenters. The third-order valence-corrected chi connectivity index (χ3v) is 6.56. The summed E-state index contributed by atoms with van der Waals surface area (Å²) >= 11 is 0. The van der Waals surface area contributed by atoms with Gasteiger partial charge in [-0.2, -0.15) is 13.2 Å². The summed E-state index contributed by atoms with van der Waals surface area (Å²) in [5.74, 6) is 0.226. The lowest BCUT2D eigenvalue weighted by Crippen LogP contribution is -2.29. The maximum Gasteiger partial charge on any atom is 0.416 e. The van der Waals surface area contributed by atoms with Gasteiger partial charge in [0.15, 0.2) is 0 Å². The van der Waals surface area contributed by atoms with E-state index in [0.29, 0.717) is 28.0 Å². The van der Waals surface area contributed by atoms with Gasteiger partial charge < -0.3 is 19.7 Å². The molecule has 0 spiro atoms. The van der Waals surface area contributed by atoms with E-state index in [4.69, 9.17) is 9.47 Å². The number of ether oxygens (including phenoxy) is 2. The van der Waals surface area contributed by atoms with E-state index in [-0.39, 0.29) is 24.8 Å². The number of hydrogen-bond acceptors (Lipinski definition) is 3. The van der Waals surface area contributed by atoms with E-state index >= 15 is 0 Å². The number of amides is 2. The zero-order chi connectivity index (χ0) is 26.9. The Kier molecular flexibility index (Phi) is 7.34. The number of rotatable bonds is 7. The molecule has 9 heteroatoms. The molecule has 1 N–H and O–H groups in total. The van der Waals surface area contributed by atoms with Crippen LogP contribution >= 0.6 is 0 Å². The summed E-state index contributed by atoms with van der Waals surface area (Å²) in [6.07, 6.45) is -4.58. The predicted octanol–water partition coefficient (Wildman–Crippen LogP) is 6.92. The summed E-state index contributed by atoms with van der Waals surface area (Å²) in [7, 11) is 2.93. The fraction of sp³-hybridized carbons (Fsp3) is 0.321. The minimum absolute atomic E-state index is 0.115. The lowest BCUT2D eigenvalue weighted by Gasteiger charge is -2.27. The SMILES string of the molecule is COc1ccc(CN2C(=O)NCC2c2cc(C(F)(F)F)ccc2-c2cc(C(C)C)c(F)cc2OC)cc1. The van der Waals surface area contributed by atoms with Gasteiger partial charge in [-0.25, -0.2) is 9.18 Å². The van der Waals surface area contributed by atoms with Gasteiger partial charge >= 0.3 is 12.2 Å². The number of urea groups is 1. The molecule has 1 saturated heterocycles. The van der Waals surface area contributed by atoms with Crippen LogP contribution in [0.3, 0.4) is 0 Å². The van der Waals surface area contributed by atoms with Gasteiger partial charge in [0.05, 0.1) is 25.8 Å². The van der Waals surface area contributed by atoms with Gasteiger partial charge in [-0.15, -0.1) is 0 Å². The Bertz CT molecular complexity index is 1290. The van der Waals surface area contributed by atoms with Crippen LogP contribution in [0.25, 0.3) is 11.1 Å². The van der Waals surface area contributed by atoms with Crippen LogP contribution in [-0.4, -0.2) is 31.7 Å². The smallest absolute Gasteiger partial charge is 0.416 e. The fourth-order valence-corrected chi connectivity index (χ4v) is 4.58. The number of alkyl halides is 3. The Morgan fingerprint density at radius 2 is 1.70 bits per heavy atom. The number of carbonyl (C=O) groups is 1. The molecule has 1 fully saturated rings. The van der Waals surface area contributed by atoms with Crippen molar-refractivity contribution in [1.82, 2.24) is 10.2 Å². The van der Waals surface area contributed by atoms with Crippen molar-refractivity contribution >= 4 is 6.03 Å². The van der Waals surface area contributed by atoms with Crippen molar-refractivity contribution in [3.63, 3.8) is 0 Å². The Morgan fingerprint density at radius 1 is 1.00 bits per heavy atom. The Hall–Kier alpha value is -3.75. The highest BCUT2D eigenvalue weighted by atomic mass is 19.4. The van der Waals surface area contributed by atoms with Crippen molar-refractivity contribution in [2.24, 2.45) is 0 Å². The maximum absolute atomic E-state index is 14.7. The fourth-order valence-electron chi connectivity index (χ4n) is 4.58.